The van der Waals surface area contributed by atoms with Crippen molar-refractivity contribution in [3.8, 4) is 5.75 Å². The molecule has 0 fully saturated rings. The molecule has 0 heterocycles. The normalized spacial score (nSPS) is 16.6. The zero-order valence-electron chi connectivity index (χ0n) is 13.2. The first-order valence-corrected chi connectivity index (χ1v) is 7.80. The first kappa shape index (κ1) is 16.3. The Balaban J connectivity index is 1.87. The van der Waals surface area contributed by atoms with Gasteiger partial charge in [0, 0.05) is 12.6 Å². The standard InChI is InChI=1S/C17H24FN3O/c1-3-19-17(21-14-8-4-5-9-14)20-12-13(2)22-16-11-7-6-10-15(16)18/h4-7,10-11,13-14H,3,8-9,12H2,1-2H3,(H2,19,20,21). The van der Waals surface area contributed by atoms with Crippen LogP contribution in [0.1, 0.15) is 26.7 Å². The highest BCUT2D eigenvalue weighted by Gasteiger charge is 2.12. The Morgan fingerprint density at radius 3 is 2.77 bits per heavy atom. The average Bonchev–Trinajstić information content (AvgIpc) is 3.00. The van der Waals surface area contributed by atoms with Crippen molar-refractivity contribution >= 4 is 5.96 Å². The zero-order chi connectivity index (χ0) is 15.8. The first-order valence-electron chi connectivity index (χ1n) is 7.80. The van der Waals surface area contributed by atoms with Crippen LogP contribution in [0.5, 0.6) is 5.75 Å². The van der Waals surface area contributed by atoms with Crippen molar-refractivity contribution < 1.29 is 9.13 Å². The van der Waals surface area contributed by atoms with E-state index < -0.39 is 0 Å². The summed E-state index contributed by atoms with van der Waals surface area (Å²) in [6.45, 7) is 5.18. The number of ether oxygens (including phenoxy) is 1. The van der Waals surface area contributed by atoms with Gasteiger partial charge in [0.1, 0.15) is 6.10 Å². The molecule has 0 saturated heterocycles. The second kappa shape index (κ2) is 8.41. The number of para-hydroxylation sites is 1. The van der Waals surface area contributed by atoms with Crippen LogP contribution in [-0.4, -0.2) is 31.2 Å². The van der Waals surface area contributed by atoms with Crippen LogP contribution in [0.15, 0.2) is 41.4 Å². The number of guanidine groups is 1. The predicted octanol–water partition coefficient (Wildman–Crippen LogP) is 2.87. The maximum absolute atomic E-state index is 13.5. The quantitative estimate of drug-likeness (QED) is 0.482. The van der Waals surface area contributed by atoms with Crippen molar-refractivity contribution in [2.24, 2.45) is 4.99 Å². The molecule has 120 valence electrons. The van der Waals surface area contributed by atoms with Gasteiger partial charge in [0.2, 0.25) is 0 Å². The van der Waals surface area contributed by atoms with E-state index in [1.165, 1.54) is 6.07 Å². The molecule has 0 radical (unpaired) electrons. The Morgan fingerprint density at radius 2 is 2.09 bits per heavy atom. The molecular weight excluding hydrogens is 281 g/mol. The average molecular weight is 305 g/mol. The number of nitrogens with one attached hydrogen (secondary N) is 2. The smallest absolute Gasteiger partial charge is 0.191 e. The van der Waals surface area contributed by atoms with Crippen LogP contribution < -0.4 is 15.4 Å². The molecule has 0 saturated carbocycles. The van der Waals surface area contributed by atoms with Gasteiger partial charge < -0.3 is 15.4 Å². The monoisotopic (exact) mass is 305 g/mol. The molecule has 1 atom stereocenters. The summed E-state index contributed by atoms with van der Waals surface area (Å²) in [5.41, 5.74) is 0. The minimum Gasteiger partial charge on any atom is -0.486 e. The molecule has 0 amide bonds. The highest BCUT2D eigenvalue weighted by atomic mass is 19.1. The molecule has 0 aromatic heterocycles. The van der Waals surface area contributed by atoms with E-state index in [2.05, 4.69) is 27.8 Å². The van der Waals surface area contributed by atoms with Gasteiger partial charge in [-0.25, -0.2) is 9.38 Å². The molecule has 1 unspecified atom stereocenters. The van der Waals surface area contributed by atoms with Crippen molar-refractivity contribution in [3.05, 3.63) is 42.2 Å². The van der Waals surface area contributed by atoms with E-state index >= 15 is 0 Å². The highest BCUT2D eigenvalue weighted by Crippen LogP contribution is 2.17. The van der Waals surface area contributed by atoms with Crippen LogP contribution in [0.25, 0.3) is 0 Å². The van der Waals surface area contributed by atoms with Gasteiger partial charge in [-0.05, 0) is 38.8 Å². The van der Waals surface area contributed by atoms with E-state index in [4.69, 9.17) is 4.74 Å². The Hall–Kier alpha value is -2.04. The molecule has 1 aromatic rings. The lowest BCUT2D eigenvalue weighted by Gasteiger charge is -2.18. The fourth-order valence-electron chi connectivity index (χ4n) is 2.26. The van der Waals surface area contributed by atoms with Crippen LogP contribution in [0.2, 0.25) is 0 Å². The van der Waals surface area contributed by atoms with Crippen molar-refractivity contribution in [3.63, 3.8) is 0 Å². The Labute approximate surface area is 131 Å². The Bertz CT molecular complexity index is 522. The van der Waals surface area contributed by atoms with Crippen LogP contribution in [-0.2, 0) is 0 Å². The topological polar surface area (TPSA) is 45.7 Å². The third kappa shape index (κ3) is 5.06. The van der Waals surface area contributed by atoms with Gasteiger partial charge in [0.15, 0.2) is 17.5 Å². The minimum atomic E-state index is -0.347. The van der Waals surface area contributed by atoms with Gasteiger partial charge in [0.25, 0.3) is 0 Å². The lowest BCUT2D eigenvalue weighted by atomic mass is 10.2. The van der Waals surface area contributed by atoms with Crippen molar-refractivity contribution in [2.75, 3.05) is 13.1 Å². The molecule has 5 heteroatoms. The Kier molecular flexibility index (Phi) is 6.25. The summed E-state index contributed by atoms with van der Waals surface area (Å²) < 4.78 is 19.1. The Morgan fingerprint density at radius 1 is 1.36 bits per heavy atom. The molecule has 0 bridgehead atoms. The number of halogens is 1. The summed E-state index contributed by atoms with van der Waals surface area (Å²) >= 11 is 0. The highest BCUT2D eigenvalue weighted by molar-refractivity contribution is 5.80. The van der Waals surface area contributed by atoms with Crippen molar-refractivity contribution in [2.45, 2.75) is 38.8 Å². The molecule has 1 aliphatic rings. The van der Waals surface area contributed by atoms with E-state index in [1.807, 2.05) is 13.8 Å². The molecule has 1 aliphatic carbocycles. The molecule has 0 aliphatic heterocycles. The summed E-state index contributed by atoms with van der Waals surface area (Å²) in [6, 6.07) is 6.83. The van der Waals surface area contributed by atoms with Gasteiger partial charge in [-0.2, -0.15) is 0 Å². The largest absolute Gasteiger partial charge is 0.486 e. The molecule has 22 heavy (non-hydrogen) atoms. The molecule has 0 spiro atoms. The maximum Gasteiger partial charge on any atom is 0.191 e. The second-order valence-electron chi connectivity index (χ2n) is 5.36. The number of hydrogen-bond acceptors (Lipinski definition) is 2. The van der Waals surface area contributed by atoms with E-state index in [1.54, 1.807) is 18.2 Å². The van der Waals surface area contributed by atoms with Gasteiger partial charge in [-0.15, -0.1) is 0 Å². The van der Waals surface area contributed by atoms with E-state index in [0.29, 0.717) is 12.6 Å². The zero-order valence-corrected chi connectivity index (χ0v) is 13.2. The van der Waals surface area contributed by atoms with E-state index in [9.17, 15) is 4.39 Å². The van der Waals surface area contributed by atoms with Crippen LogP contribution in [0, 0.1) is 5.82 Å². The molecule has 1 aromatic carbocycles. The van der Waals surface area contributed by atoms with Gasteiger partial charge in [-0.1, -0.05) is 24.3 Å². The fraction of sp³-hybridized carbons (Fsp3) is 0.471. The number of aliphatic imine (C=N–C) groups is 1. The van der Waals surface area contributed by atoms with Crippen LogP contribution in [0.3, 0.4) is 0 Å². The van der Waals surface area contributed by atoms with Crippen LogP contribution in [0.4, 0.5) is 4.39 Å². The van der Waals surface area contributed by atoms with Crippen molar-refractivity contribution in [1.82, 2.24) is 10.6 Å². The lowest BCUT2D eigenvalue weighted by molar-refractivity contribution is 0.220. The fourth-order valence-corrected chi connectivity index (χ4v) is 2.26. The molecule has 2 N–H and O–H groups in total. The van der Waals surface area contributed by atoms with Gasteiger partial charge in [0.05, 0.1) is 6.54 Å². The number of hydrogen-bond donors (Lipinski definition) is 2. The number of benzene rings is 1. The number of rotatable bonds is 6. The summed E-state index contributed by atoms with van der Waals surface area (Å²) in [5.74, 6) is 0.698. The SMILES string of the molecule is CCNC(=NCC(C)Oc1ccccc1F)NC1CC=CC1. The third-order valence-electron chi connectivity index (χ3n) is 3.36. The molecule has 2 rings (SSSR count). The molecule has 4 nitrogen and oxygen atoms in total. The second-order valence-corrected chi connectivity index (χ2v) is 5.36. The summed E-state index contributed by atoms with van der Waals surface area (Å²) in [7, 11) is 0. The predicted molar refractivity (Wildman–Crippen MR) is 87.8 cm³/mol. The third-order valence-corrected chi connectivity index (χ3v) is 3.36. The lowest BCUT2D eigenvalue weighted by Crippen LogP contribution is -2.43. The summed E-state index contributed by atoms with van der Waals surface area (Å²) in [5, 5.41) is 6.62. The molecular formula is C17H24FN3O. The van der Waals surface area contributed by atoms with Gasteiger partial charge >= 0.3 is 0 Å². The minimum absolute atomic E-state index is 0.200. The maximum atomic E-state index is 13.5. The van der Waals surface area contributed by atoms with E-state index in [-0.39, 0.29) is 17.7 Å². The number of nitrogens with zero attached hydrogens (tertiary/aromatic N) is 1. The van der Waals surface area contributed by atoms with Crippen molar-refractivity contribution in [1.29, 1.82) is 0 Å². The van der Waals surface area contributed by atoms with E-state index in [0.717, 1.165) is 25.3 Å². The first-order chi connectivity index (χ1) is 10.7. The van der Waals surface area contributed by atoms with Crippen LogP contribution >= 0.6 is 0 Å². The summed E-state index contributed by atoms with van der Waals surface area (Å²) in [6.07, 6.45) is 6.18. The van der Waals surface area contributed by atoms with Gasteiger partial charge in [-0.3, -0.25) is 0 Å². The summed E-state index contributed by atoms with van der Waals surface area (Å²) in [4.78, 5) is 4.52.